The molecule has 1 aliphatic carbocycles. The summed E-state index contributed by atoms with van der Waals surface area (Å²) in [7, 11) is 0. The van der Waals surface area contributed by atoms with Crippen LogP contribution >= 0.6 is 0 Å². The van der Waals surface area contributed by atoms with E-state index in [1.54, 1.807) is 0 Å². The van der Waals surface area contributed by atoms with Crippen molar-refractivity contribution in [3.8, 4) is 0 Å². The highest BCUT2D eigenvalue weighted by atomic mass is 15.2. The maximum Gasteiger partial charge on any atom is 0.0339 e. The lowest BCUT2D eigenvalue weighted by atomic mass is 9.70. The van der Waals surface area contributed by atoms with Crippen LogP contribution in [0.1, 0.15) is 73.1 Å². The van der Waals surface area contributed by atoms with Crippen LogP contribution in [-0.4, -0.2) is 29.6 Å². The fourth-order valence-electron chi connectivity index (χ4n) is 4.23. The second-order valence-corrected chi connectivity index (χ2v) is 7.09. The molecule has 2 nitrogen and oxygen atoms in total. The first-order valence-electron chi connectivity index (χ1n) is 8.45. The van der Waals surface area contributed by atoms with Gasteiger partial charge in [-0.1, -0.05) is 34.1 Å². The van der Waals surface area contributed by atoms with E-state index in [0.717, 1.165) is 18.4 Å². The lowest BCUT2D eigenvalue weighted by Crippen LogP contribution is -2.60. The zero-order chi connectivity index (χ0) is 14.5. The van der Waals surface area contributed by atoms with Crippen LogP contribution in [0.15, 0.2) is 0 Å². The van der Waals surface area contributed by atoms with Crippen LogP contribution in [0, 0.1) is 11.8 Å². The van der Waals surface area contributed by atoms with Gasteiger partial charge in [0.05, 0.1) is 0 Å². The summed E-state index contributed by atoms with van der Waals surface area (Å²) in [4.78, 5) is 2.77. The number of rotatable bonds is 7. The minimum absolute atomic E-state index is 0.266. The topological polar surface area (TPSA) is 29.3 Å². The van der Waals surface area contributed by atoms with E-state index in [0.29, 0.717) is 6.04 Å². The standard InChI is InChI=1S/C17H36N2/c1-6-8-9-19(16(5)7-2)17(13-18)11-14(3)10-15(4)12-17/h14-16H,6-13,18H2,1-5H3. The number of nitrogens with two attached hydrogens (primary N) is 1. The van der Waals surface area contributed by atoms with Crippen molar-refractivity contribution in [2.75, 3.05) is 13.1 Å². The van der Waals surface area contributed by atoms with Crippen molar-refractivity contribution >= 4 is 0 Å². The molecule has 1 fully saturated rings. The second kappa shape index (κ2) is 7.64. The number of unbranched alkanes of at least 4 members (excludes halogenated alkanes) is 1. The summed E-state index contributed by atoms with van der Waals surface area (Å²) in [5.41, 5.74) is 6.55. The summed E-state index contributed by atoms with van der Waals surface area (Å²) in [6.45, 7) is 13.9. The maximum atomic E-state index is 6.29. The number of nitrogens with zero attached hydrogens (tertiary/aromatic N) is 1. The SMILES string of the molecule is CCCCN(C(C)CC)C1(CN)CC(C)CC(C)C1. The Morgan fingerprint density at radius 2 is 1.79 bits per heavy atom. The summed E-state index contributed by atoms with van der Waals surface area (Å²) in [6.07, 6.45) is 7.77. The van der Waals surface area contributed by atoms with Crippen LogP contribution in [-0.2, 0) is 0 Å². The first-order chi connectivity index (χ1) is 8.99. The van der Waals surface area contributed by atoms with Gasteiger partial charge in [-0.3, -0.25) is 4.90 Å². The minimum Gasteiger partial charge on any atom is -0.329 e. The molecule has 0 bridgehead atoms. The van der Waals surface area contributed by atoms with Crippen LogP contribution in [0.25, 0.3) is 0 Å². The van der Waals surface area contributed by atoms with Gasteiger partial charge in [0, 0.05) is 18.1 Å². The Balaban J connectivity index is 2.92. The highest BCUT2D eigenvalue weighted by molar-refractivity contribution is 4.99. The van der Waals surface area contributed by atoms with Gasteiger partial charge in [0.2, 0.25) is 0 Å². The van der Waals surface area contributed by atoms with Crippen LogP contribution in [0.2, 0.25) is 0 Å². The molecule has 3 unspecified atom stereocenters. The van der Waals surface area contributed by atoms with Gasteiger partial charge in [0.15, 0.2) is 0 Å². The molecule has 0 heterocycles. The zero-order valence-electron chi connectivity index (χ0n) is 13.9. The van der Waals surface area contributed by atoms with Crippen LogP contribution in [0.4, 0.5) is 0 Å². The lowest BCUT2D eigenvalue weighted by Gasteiger charge is -2.52. The van der Waals surface area contributed by atoms with E-state index >= 15 is 0 Å². The van der Waals surface area contributed by atoms with E-state index in [2.05, 4.69) is 39.5 Å². The predicted molar refractivity (Wildman–Crippen MR) is 85.3 cm³/mol. The van der Waals surface area contributed by atoms with Crippen LogP contribution < -0.4 is 5.73 Å². The largest absolute Gasteiger partial charge is 0.329 e. The third-order valence-corrected chi connectivity index (χ3v) is 5.13. The first-order valence-corrected chi connectivity index (χ1v) is 8.45. The smallest absolute Gasteiger partial charge is 0.0339 e. The van der Waals surface area contributed by atoms with Crippen molar-refractivity contribution in [3.63, 3.8) is 0 Å². The van der Waals surface area contributed by atoms with E-state index in [1.807, 2.05) is 0 Å². The zero-order valence-corrected chi connectivity index (χ0v) is 13.9. The van der Waals surface area contributed by atoms with Gasteiger partial charge in [-0.2, -0.15) is 0 Å². The van der Waals surface area contributed by atoms with Gasteiger partial charge >= 0.3 is 0 Å². The second-order valence-electron chi connectivity index (χ2n) is 7.09. The summed E-state index contributed by atoms with van der Waals surface area (Å²) in [5.74, 6) is 1.64. The molecular formula is C17H36N2. The van der Waals surface area contributed by atoms with E-state index < -0.39 is 0 Å². The highest BCUT2D eigenvalue weighted by Crippen LogP contribution is 2.40. The molecule has 0 spiro atoms. The summed E-state index contributed by atoms with van der Waals surface area (Å²) >= 11 is 0. The molecule has 1 rings (SSSR count). The molecule has 0 aromatic rings. The monoisotopic (exact) mass is 268 g/mol. The van der Waals surface area contributed by atoms with Gasteiger partial charge in [0.1, 0.15) is 0 Å². The third kappa shape index (κ3) is 4.19. The summed E-state index contributed by atoms with van der Waals surface area (Å²) in [5, 5.41) is 0. The quantitative estimate of drug-likeness (QED) is 0.755. The Bertz CT molecular complexity index is 242. The average Bonchev–Trinajstić information content (AvgIpc) is 2.37. The van der Waals surface area contributed by atoms with Gasteiger partial charge < -0.3 is 5.73 Å². The van der Waals surface area contributed by atoms with E-state index in [4.69, 9.17) is 5.73 Å². The van der Waals surface area contributed by atoms with Crippen molar-refractivity contribution in [3.05, 3.63) is 0 Å². The van der Waals surface area contributed by atoms with E-state index in [9.17, 15) is 0 Å². The fraction of sp³-hybridized carbons (Fsp3) is 1.00. The highest BCUT2D eigenvalue weighted by Gasteiger charge is 2.42. The molecule has 19 heavy (non-hydrogen) atoms. The molecule has 0 aliphatic heterocycles. The first kappa shape index (κ1) is 17.0. The summed E-state index contributed by atoms with van der Waals surface area (Å²) < 4.78 is 0. The Hall–Kier alpha value is -0.0800. The third-order valence-electron chi connectivity index (χ3n) is 5.13. The molecule has 0 amide bonds. The number of hydrogen-bond donors (Lipinski definition) is 1. The van der Waals surface area contributed by atoms with E-state index in [1.165, 1.54) is 45.1 Å². The Kier molecular flexibility index (Phi) is 6.82. The van der Waals surface area contributed by atoms with Crippen LogP contribution in [0.5, 0.6) is 0 Å². The maximum absolute atomic E-state index is 6.29. The average molecular weight is 268 g/mol. The Morgan fingerprint density at radius 1 is 1.21 bits per heavy atom. The molecule has 2 heteroatoms. The van der Waals surface area contributed by atoms with Crippen molar-refractivity contribution in [2.45, 2.75) is 84.7 Å². The summed E-state index contributed by atoms with van der Waals surface area (Å²) in [6, 6.07) is 0.660. The predicted octanol–water partition coefficient (Wildman–Crippen LogP) is 4.04. The molecule has 1 aliphatic rings. The molecule has 0 aromatic heterocycles. The van der Waals surface area contributed by atoms with Crippen molar-refractivity contribution < 1.29 is 0 Å². The molecule has 114 valence electrons. The van der Waals surface area contributed by atoms with Gasteiger partial charge in [-0.05, 0) is 57.4 Å². The van der Waals surface area contributed by atoms with Crippen molar-refractivity contribution in [2.24, 2.45) is 17.6 Å². The molecule has 1 saturated carbocycles. The fourth-order valence-corrected chi connectivity index (χ4v) is 4.23. The van der Waals surface area contributed by atoms with Gasteiger partial charge in [-0.15, -0.1) is 0 Å². The van der Waals surface area contributed by atoms with Gasteiger partial charge in [-0.25, -0.2) is 0 Å². The molecule has 2 N–H and O–H groups in total. The Morgan fingerprint density at radius 3 is 2.21 bits per heavy atom. The number of hydrogen-bond acceptors (Lipinski definition) is 2. The lowest BCUT2D eigenvalue weighted by molar-refractivity contribution is -0.00868. The molecule has 0 saturated heterocycles. The van der Waals surface area contributed by atoms with E-state index in [-0.39, 0.29) is 5.54 Å². The minimum atomic E-state index is 0.266. The Labute approximate surface area is 121 Å². The van der Waals surface area contributed by atoms with Crippen LogP contribution in [0.3, 0.4) is 0 Å². The molecule has 0 aromatic carbocycles. The molecule has 3 atom stereocenters. The van der Waals surface area contributed by atoms with Crippen molar-refractivity contribution in [1.82, 2.24) is 4.90 Å². The molecule has 0 radical (unpaired) electrons. The molecular weight excluding hydrogens is 232 g/mol. The van der Waals surface area contributed by atoms with Crippen molar-refractivity contribution in [1.29, 1.82) is 0 Å². The van der Waals surface area contributed by atoms with Gasteiger partial charge in [0.25, 0.3) is 0 Å². The normalized spacial score (nSPS) is 33.6.